The zero-order valence-electron chi connectivity index (χ0n) is 18.3. The normalized spacial score (nSPS) is 18.0. The molecule has 0 spiro atoms. The van der Waals surface area contributed by atoms with Crippen LogP contribution in [-0.4, -0.2) is 15.9 Å². The number of aromatic nitrogens is 2. The molecular formula is C27H27N3O2. The van der Waals surface area contributed by atoms with Crippen LogP contribution in [0.4, 0.5) is 0 Å². The van der Waals surface area contributed by atoms with Crippen LogP contribution in [0.5, 0.6) is 5.75 Å². The van der Waals surface area contributed by atoms with Crippen molar-refractivity contribution < 1.29 is 9.53 Å². The van der Waals surface area contributed by atoms with Gasteiger partial charge in [-0.2, -0.15) is 5.26 Å². The maximum atomic E-state index is 12.3. The second-order valence-corrected chi connectivity index (χ2v) is 8.45. The van der Waals surface area contributed by atoms with Crippen LogP contribution in [0.3, 0.4) is 0 Å². The summed E-state index contributed by atoms with van der Waals surface area (Å²) < 4.78 is 5.43. The minimum absolute atomic E-state index is 0.399. The Labute approximate surface area is 189 Å². The molecule has 1 aromatic heterocycles. The highest BCUT2D eigenvalue weighted by atomic mass is 16.5. The van der Waals surface area contributed by atoms with Crippen molar-refractivity contribution in [3.05, 3.63) is 77.6 Å². The van der Waals surface area contributed by atoms with E-state index >= 15 is 0 Å². The lowest BCUT2D eigenvalue weighted by atomic mass is 9.78. The van der Waals surface area contributed by atoms with Crippen LogP contribution in [0.2, 0.25) is 0 Å². The highest BCUT2D eigenvalue weighted by molar-refractivity contribution is 5.91. The number of nitriles is 1. The number of carbonyl (C=O) groups excluding carboxylic acids is 1. The molecule has 1 fully saturated rings. The molecule has 5 nitrogen and oxygen atoms in total. The molecule has 1 aliphatic rings. The van der Waals surface area contributed by atoms with Crippen molar-refractivity contribution in [2.75, 3.05) is 0 Å². The number of ether oxygens (including phenoxy) is 1. The summed E-state index contributed by atoms with van der Waals surface area (Å²) in [6, 6.07) is 15.6. The first-order chi connectivity index (χ1) is 15.7. The molecule has 0 radical (unpaired) electrons. The number of rotatable bonds is 6. The summed E-state index contributed by atoms with van der Waals surface area (Å²) in [4.78, 5) is 21.5. The molecule has 5 heteroatoms. The highest BCUT2D eigenvalue weighted by Crippen LogP contribution is 2.37. The van der Waals surface area contributed by atoms with Gasteiger partial charge in [0.25, 0.3) is 0 Å². The zero-order valence-corrected chi connectivity index (χ0v) is 18.3. The Morgan fingerprint density at radius 2 is 1.66 bits per heavy atom. The third kappa shape index (κ3) is 5.20. The third-order valence-electron chi connectivity index (χ3n) is 6.26. The van der Waals surface area contributed by atoms with Crippen molar-refractivity contribution in [1.82, 2.24) is 9.97 Å². The first-order valence-electron chi connectivity index (χ1n) is 11.3. The van der Waals surface area contributed by atoms with Gasteiger partial charge < -0.3 is 4.74 Å². The van der Waals surface area contributed by atoms with Crippen molar-refractivity contribution in [2.45, 2.75) is 51.4 Å². The molecule has 1 saturated carbocycles. The summed E-state index contributed by atoms with van der Waals surface area (Å²) in [6.07, 6.45) is 11.6. The van der Waals surface area contributed by atoms with Crippen LogP contribution in [0.25, 0.3) is 11.4 Å². The predicted octanol–water partition coefficient (Wildman–Crippen LogP) is 6.31. The molecule has 0 amide bonds. The maximum absolute atomic E-state index is 12.3. The molecule has 0 unspecified atom stereocenters. The second kappa shape index (κ2) is 10.2. The monoisotopic (exact) mass is 425 g/mol. The summed E-state index contributed by atoms with van der Waals surface area (Å²) in [5, 5.41) is 8.85. The van der Waals surface area contributed by atoms with Gasteiger partial charge in [0.15, 0.2) is 5.82 Å². The summed E-state index contributed by atoms with van der Waals surface area (Å²) >= 11 is 0. The number of nitrogens with zero attached hydrogens (tertiary/aromatic N) is 3. The summed E-state index contributed by atoms with van der Waals surface area (Å²) in [6.45, 7) is 2.27. The van der Waals surface area contributed by atoms with E-state index in [9.17, 15) is 4.79 Å². The molecule has 0 atom stereocenters. The van der Waals surface area contributed by atoms with Gasteiger partial charge in [-0.05, 0) is 91.6 Å². The number of hydrogen-bond donors (Lipinski definition) is 0. The summed E-state index contributed by atoms with van der Waals surface area (Å²) in [5.41, 5.74) is 3.01. The quantitative estimate of drug-likeness (QED) is 0.342. The number of benzene rings is 2. The molecule has 2 aromatic carbocycles. The van der Waals surface area contributed by atoms with Gasteiger partial charge >= 0.3 is 5.97 Å². The number of carbonyl (C=O) groups is 1. The van der Waals surface area contributed by atoms with E-state index < -0.39 is 5.97 Å². The van der Waals surface area contributed by atoms with E-state index in [1.165, 1.54) is 44.1 Å². The van der Waals surface area contributed by atoms with E-state index in [-0.39, 0.29) is 0 Å². The van der Waals surface area contributed by atoms with Gasteiger partial charge in [-0.25, -0.2) is 14.8 Å². The fourth-order valence-electron chi connectivity index (χ4n) is 4.41. The zero-order chi connectivity index (χ0) is 22.3. The standard InChI is InChI=1S/C27H27N3O2/c1-2-3-19-4-8-21(9-5-19)24-17-29-26(30-18-24)22-12-14-25(15-13-22)32-27(31)23-10-6-20(16-28)7-11-23/h6-7,10-15,17-19,21H,2-5,8-9H2,1H3/t19-,21-. The van der Waals surface area contributed by atoms with E-state index in [4.69, 9.17) is 10.00 Å². The molecule has 1 heterocycles. The first kappa shape index (κ1) is 21.7. The van der Waals surface area contributed by atoms with Gasteiger partial charge in [-0.15, -0.1) is 0 Å². The average molecular weight is 426 g/mol. The molecule has 162 valence electrons. The van der Waals surface area contributed by atoms with Crippen molar-refractivity contribution >= 4 is 5.97 Å². The Hall–Kier alpha value is -3.52. The van der Waals surface area contributed by atoms with Crippen molar-refractivity contribution in [3.8, 4) is 23.2 Å². The molecule has 0 N–H and O–H groups in total. The van der Waals surface area contributed by atoms with E-state index in [2.05, 4.69) is 16.9 Å². The number of hydrogen-bond acceptors (Lipinski definition) is 5. The van der Waals surface area contributed by atoms with Crippen LogP contribution in [0, 0.1) is 17.2 Å². The summed E-state index contributed by atoms with van der Waals surface area (Å²) in [5.74, 6) is 2.11. The number of esters is 1. The largest absolute Gasteiger partial charge is 0.423 e. The van der Waals surface area contributed by atoms with Crippen molar-refractivity contribution in [3.63, 3.8) is 0 Å². The van der Waals surface area contributed by atoms with Gasteiger partial charge in [0, 0.05) is 18.0 Å². The minimum Gasteiger partial charge on any atom is -0.423 e. The SMILES string of the molecule is CCC[C@H]1CC[C@H](c2cnc(-c3ccc(OC(=O)c4ccc(C#N)cc4)cc3)nc2)CC1. The van der Waals surface area contributed by atoms with Gasteiger partial charge in [-0.1, -0.05) is 19.8 Å². The topological polar surface area (TPSA) is 75.9 Å². The highest BCUT2D eigenvalue weighted by Gasteiger charge is 2.22. The van der Waals surface area contributed by atoms with E-state index in [0.29, 0.717) is 28.6 Å². The Bertz CT molecular complexity index is 1080. The molecule has 0 saturated heterocycles. The van der Waals surface area contributed by atoms with E-state index in [0.717, 1.165) is 11.5 Å². The van der Waals surface area contributed by atoms with E-state index in [1.54, 1.807) is 36.4 Å². The smallest absolute Gasteiger partial charge is 0.343 e. The Morgan fingerprint density at radius 1 is 1.00 bits per heavy atom. The molecule has 0 bridgehead atoms. The van der Waals surface area contributed by atoms with Crippen LogP contribution in [0.15, 0.2) is 60.9 Å². The second-order valence-electron chi connectivity index (χ2n) is 8.45. The lowest BCUT2D eigenvalue weighted by molar-refractivity contribution is 0.0735. The van der Waals surface area contributed by atoms with Crippen molar-refractivity contribution in [1.29, 1.82) is 5.26 Å². The first-order valence-corrected chi connectivity index (χ1v) is 11.3. The molecule has 1 aliphatic carbocycles. The lowest BCUT2D eigenvalue weighted by Crippen LogP contribution is -2.13. The van der Waals surface area contributed by atoms with Gasteiger partial charge in [-0.3, -0.25) is 0 Å². The lowest BCUT2D eigenvalue weighted by Gasteiger charge is -2.28. The van der Waals surface area contributed by atoms with Crippen LogP contribution in [0.1, 0.15) is 72.9 Å². The summed E-state index contributed by atoms with van der Waals surface area (Å²) in [7, 11) is 0. The van der Waals surface area contributed by atoms with Crippen molar-refractivity contribution in [2.24, 2.45) is 5.92 Å². The molecule has 4 rings (SSSR count). The Balaban J connectivity index is 1.36. The van der Waals surface area contributed by atoms with Gasteiger partial charge in [0.1, 0.15) is 5.75 Å². The van der Waals surface area contributed by atoms with Gasteiger partial charge in [0.05, 0.1) is 17.2 Å². The Kier molecular flexibility index (Phi) is 6.91. The minimum atomic E-state index is -0.462. The van der Waals surface area contributed by atoms with E-state index in [1.807, 2.05) is 30.6 Å². The van der Waals surface area contributed by atoms with Gasteiger partial charge in [0.2, 0.25) is 0 Å². The molecule has 32 heavy (non-hydrogen) atoms. The van der Waals surface area contributed by atoms with Crippen LogP contribution < -0.4 is 4.74 Å². The maximum Gasteiger partial charge on any atom is 0.343 e. The third-order valence-corrected chi connectivity index (χ3v) is 6.26. The molecule has 3 aromatic rings. The Morgan fingerprint density at radius 3 is 2.25 bits per heavy atom. The predicted molar refractivity (Wildman–Crippen MR) is 123 cm³/mol. The van der Waals surface area contributed by atoms with Crippen LogP contribution in [-0.2, 0) is 0 Å². The molecule has 0 aliphatic heterocycles. The fourth-order valence-corrected chi connectivity index (χ4v) is 4.41. The average Bonchev–Trinajstić information content (AvgIpc) is 2.85. The molecular weight excluding hydrogens is 398 g/mol. The van der Waals surface area contributed by atoms with Crippen LogP contribution >= 0.6 is 0 Å². The fraction of sp³-hybridized carbons (Fsp3) is 0.333.